The van der Waals surface area contributed by atoms with Crippen LogP contribution in [0.2, 0.25) is 0 Å². The van der Waals surface area contributed by atoms with Gasteiger partial charge in [0.25, 0.3) is 5.91 Å². The van der Waals surface area contributed by atoms with Crippen molar-refractivity contribution in [1.82, 2.24) is 24.9 Å². The molecule has 0 unspecified atom stereocenters. The maximum atomic E-state index is 13.3. The first-order valence-corrected chi connectivity index (χ1v) is 11.7. The molecular weight excluding hydrogens is 430 g/mol. The molecule has 5 rings (SSSR count). The van der Waals surface area contributed by atoms with Crippen molar-refractivity contribution in [2.45, 2.75) is 39.3 Å². The monoisotopic (exact) mass is 457 g/mol. The predicted molar refractivity (Wildman–Crippen MR) is 127 cm³/mol. The Morgan fingerprint density at radius 1 is 1.06 bits per heavy atom. The van der Waals surface area contributed by atoms with Crippen molar-refractivity contribution in [2.24, 2.45) is 0 Å². The molecule has 0 aliphatic carbocycles. The molecule has 2 aromatic carbocycles. The third-order valence-corrected chi connectivity index (χ3v) is 6.24. The standard InChI is InChI=1S/C26H27N5O3/c1-2-34-26(33)24-20-17-30(25(32)23-19-12-6-7-13-21(19)27-28-23)16-14-22(20)31(29-24)15-8-11-18-9-4-3-5-10-18/h3-7,9-10,12-13H,2,8,11,14-17H2,1H3,(H,27,28). The lowest BCUT2D eigenvalue weighted by Crippen LogP contribution is -2.37. The molecule has 0 radical (unpaired) electrons. The summed E-state index contributed by atoms with van der Waals surface area (Å²) in [7, 11) is 0. The number of aromatic nitrogens is 4. The van der Waals surface area contributed by atoms with Crippen molar-refractivity contribution >= 4 is 22.8 Å². The first kappa shape index (κ1) is 21.9. The number of aryl methyl sites for hydroxylation is 2. The van der Waals surface area contributed by atoms with Gasteiger partial charge in [-0.05, 0) is 31.4 Å². The van der Waals surface area contributed by atoms with Crippen LogP contribution in [0.25, 0.3) is 10.9 Å². The van der Waals surface area contributed by atoms with Crippen LogP contribution in [0.15, 0.2) is 54.6 Å². The normalized spacial score (nSPS) is 13.1. The SMILES string of the molecule is CCOC(=O)c1nn(CCCc2ccccc2)c2c1CN(C(=O)c1n[nH]c3ccccc13)CC2. The molecule has 1 amide bonds. The number of carbonyl (C=O) groups excluding carboxylic acids is 2. The number of benzene rings is 2. The number of carbonyl (C=O) groups is 2. The maximum absolute atomic E-state index is 13.3. The first-order chi connectivity index (χ1) is 16.7. The van der Waals surface area contributed by atoms with Gasteiger partial charge >= 0.3 is 5.97 Å². The summed E-state index contributed by atoms with van der Waals surface area (Å²) in [5.41, 5.74) is 4.58. The second kappa shape index (κ2) is 9.51. The van der Waals surface area contributed by atoms with Gasteiger partial charge in [0.2, 0.25) is 0 Å². The average Bonchev–Trinajstić information content (AvgIpc) is 3.46. The number of nitrogens with one attached hydrogen (secondary N) is 1. The summed E-state index contributed by atoms with van der Waals surface area (Å²) in [5.74, 6) is -0.602. The number of H-pyrrole nitrogens is 1. The number of para-hydroxylation sites is 1. The zero-order valence-corrected chi connectivity index (χ0v) is 19.2. The van der Waals surface area contributed by atoms with E-state index in [-0.39, 0.29) is 12.5 Å². The molecule has 2 aromatic heterocycles. The van der Waals surface area contributed by atoms with Gasteiger partial charge in [0.15, 0.2) is 11.4 Å². The minimum atomic E-state index is -0.444. The van der Waals surface area contributed by atoms with E-state index < -0.39 is 5.97 Å². The molecule has 1 N–H and O–H groups in total. The second-order valence-corrected chi connectivity index (χ2v) is 8.40. The molecule has 8 heteroatoms. The molecule has 1 aliphatic rings. The minimum absolute atomic E-state index is 0.158. The molecule has 34 heavy (non-hydrogen) atoms. The second-order valence-electron chi connectivity index (χ2n) is 8.40. The minimum Gasteiger partial charge on any atom is -0.461 e. The van der Waals surface area contributed by atoms with E-state index in [1.165, 1.54) is 5.56 Å². The van der Waals surface area contributed by atoms with Crippen LogP contribution < -0.4 is 0 Å². The molecule has 0 saturated heterocycles. The van der Waals surface area contributed by atoms with E-state index >= 15 is 0 Å². The highest BCUT2D eigenvalue weighted by Crippen LogP contribution is 2.26. The van der Waals surface area contributed by atoms with E-state index in [4.69, 9.17) is 4.74 Å². The Hall–Kier alpha value is -3.94. The number of esters is 1. The third-order valence-electron chi connectivity index (χ3n) is 6.24. The zero-order valence-electron chi connectivity index (χ0n) is 19.2. The lowest BCUT2D eigenvalue weighted by atomic mass is 10.0. The van der Waals surface area contributed by atoms with E-state index in [1.54, 1.807) is 11.8 Å². The van der Waals surface area contributed by atoms with Gasteiger partial charge in [-0.1, -0.05) is 48.5 Å². The Kier molecular flexibility index (Phi) is 6.12. The largest absolute Gasteiger partial charge is 0.461 e. The summed E-state index contributed by atoms with van der Waals surface area (Å²) in [4.78, 5) is 27.8. The smallest absolute Gasteiger partial charge is 0.359 e. The van der Waals surface area contributed by atoms with Gasteiger partial charge in [0.1, 0.15) is 0 Å². The molecule has 0 saturated carbocycles. The number of ether oxygens (including phenoxy) is 1. The average molecular weight is 458 g/mol. The fourth-order valence-electron chi connectivity index (χ4n) is 4.57. The van der Waals surface area contributed by atoms with E-state index in [2.05, 4.69) is 27.4 Å². The highest BCUT2D eigenvalue weighted by atomic mass is 16.5. The Bertz CT molecular complexity index is 1320. The van der Waals surface area contributed by atoms with Crippen LogP contribution in [0, 0.1) is 0 Å². The van der Waals surface area contributed by atoms with Gasteiger partial charge in [0.05, 0.1) is 18.7 Å². The molecule has 0 fully saturated rings. The van der Waals surface area contributed by atoms with Crippen molar-refractivity contribution in [1.29, 1.82) is 0 Å². The summed E-state index contributed by atoms with van der Waals surface area (Å²) in [6.45, 7) is 3.60. The van der Waals surface area contributed by atoms with Gasteiger partial charge in [-0.15, -0.1) is 0 Å². The van der Waals surface area contributed by atoms with Crippen LogP contribution >= 0.6 is 0 Å². The lowest BCUT2D eigenvalue weighted by Gasteiger charge is -2.27. The molecular formula is C26H27N5O3. The first-order valence-electron chi connectivity index (χ1n) is 11.7. The number of rotatable bonds is 7. The highest BCUT2D eigenvalue weighted by Gasteiger charge is 2.32. The molecule has 0 bridgehead atoms. The zero-order chi connectivity index (χ0) is 23.5. The summed E-state index contributed by atoms with van der Waals surface area (Å²) in [5, 5.41) is 12.6. The van der Waals surface area contributed by atoms with Gasteiger partial charge in [-0.25, -0.2) is 4.79 Å². The molecule has 174 valence electrons. The number of aromatic amines is 1. The van der Waals surface area contributed by atoms with Gasteiger partial charge < -0.3 is 9.64 Å². The van der Waals surface area contributed by atoms with Crippen molar-refractivity contribution in [3.05, 3.63) is 82.8 Å². The van der Waals surface area contributed by atoms with Gasteiger partial charge in [-0.3, -0.25) is 14.6 Å². The fraction of sp³-hybridized carbons (Fsp3) is 0.308. The molecule has 1 aliphatic heterocycles. The van der Waals surface area contributed by atoms with Crippen LogP contribution in [0.5, 0.6) is 0 Å². The summed E-state index contributed by atoms with van der Waals surface area (Å²) in [6, 6.07) is 17.9. The van der Waals surface area contributed by atoms with E-state index in [0.29, 0.717) is 37.4 Å². The van der Waals surface area contributed by atoms with E-state index in [0.717, 1.165) is 35.0 Å². The quantitative estimate of drug-likeness (QED) is 0.427. The molecule has 0 spiro atoms. The van der Waals surface area contributed by atoms with Crippen molar-refractivity contribution < 1.29 is 14.3 Å². The maximum Gasteiger partial charge on any atom is 0.359 e. The Balaban J connectivity index is 1.38. The van der Waals surface area contributed by atoms with Crippen LogP contribution in [0.3, 0.4) is 0 Å². The van der Waals surface area contributed by atoms with Crippen LogP contribution in [0.4, 0.5) is 0 Å². The summed E-state index contributed by atoms with van der Waals surface area (Å²) < 4.78 is 7.20. The Morgan fingerprint density at radius 2 is 1.85 bits per heavy atom. The number of hydrogen-bond acceptors (Lipinski definition) is 5. The third kappa shape index (κ3) is 4.19. The van der Waals surface area contributed by atoms with Crippen LogP contribution in [0.1, 0.15) is 51.1 Å². The van der Waals surface area contributed by atoms with Gasteiger partial charge in [0, 0.05) is 36.2 Å². The Morgan fingerprint density at radius 3 is 2.68 bits per heavy atom. The van der Waals surface area contributed by atoms with E-state index in [1.807, 2.05) is 47.1 Å². The van der Waals surface area contributed by atoms with Crippen LogP contribution in [-0.4, -0.2) is 49.9 Å². The molecule has 8 nitrogen and oxygen atoms in total. The van der Waals surface area contributed by atoms with Crippen molar-refractivity contribution in [3.8, 4) is 0 Å². The van der Waals surface area contributed by atoms with Crippen LogP contribution in [-0.2, 0) is 30.7 Å². The van der Waals surface area contributed by atoms with E-state index in [9.17, 15) is 9.59 Å². The highest BCUT2D eigenvalue weighted by molar-refractivity contribution is 6.04. The number of amides is 1. The van der Waals surface area contributed by atoms with Gasteiger partial charge in [-0.2, -0.15) is 10.2 Å². The van der Waals surface area contributed by atoms with Crippen molar-refractivity contribution in [2.75, 3.05) is 13.2 Å². The molecule has 0 atom stereocenters. The van der Waals surface area contributed by atoms with Crippen molar-refractivity contribution in [3.63, 3.8) is 0 Å². The number of nitrogens with zero attached hydrogens (tertiary/aromatic N) is 4. The fourth-order valence-corrected chi connectivity index (χ4v) is 4.57. The molecule has 4 aromatic rings. The number of fused-ring (bicyclic) bond motifs is 2. The summed E-state index contributed by atoms with van der Waals surface area (Å²) >= 11 is 0. The Labute approximate surface area is 197 Å². The summed E-state index contributed by atoms with van der Waals surface area (Å²) in [6.07, 6.45) is 2.46. The topological polar surface area (TPSA) is 93.1 Å². The predicted octanol–water partition coefficient (Wildman–Crippen LogP) is 3.77. The molecule has 3 heterocycles. The number of hydrogen-bond donors (Lipinski definition) is 1. The lowest BCUT2D eigenvalue weighted by molar-refractivity contribution is 0.0513.